The number of cyclic esters (lactones) is 1. The molecular formula is C30H46O4. The molecule has 4 fully saturated rings. The zero-order valence-corrected chi connectivity index (χ0v) is 22.6. The molecule has 1 saturated heterocycles. The van der Waals surface area contributed by atoms with Crippen molar-refractivity contribution in [3.63, 3.8) is 0 Å². The number of aliphatic carboxylic acids is 1. The van der Waals surface area contributed by atoms with Crippen LogP contribution in [0.5, 0.6) is 0 Å². The van der Waals surface area contributed by atoms with E-state index in [1.807, 2.05) is 0 Å². The number of allylic oxidation sites excluding steroid dienone is 2. The van der Waals surface area contributed by atoms with Gasteiger partial charge in [-0.2, -0.15) is 0 Å². The van der Waals surface area contributed by atoms with Gasteiger partial charge in [0.05, 0.1) is 5.41 Å². The number of carboxylic acids is 1. The Morgan fingerprint density at radius 1 is 0.941 bits per heavy atom. The number of rotatable bonds is 1. The van der Waals surface area contributed by atoms with Crippen molar-refractivity contribution in [2.45, 2.75) is 118 Å². The van der Waals surface area contributed by atoms with Crippen molar-refractivity contribution in [2.75, 3.05) is 0 Å². The van der Waals surface area contributed by atoms with Crippen LogP contribution in [-0.2, 0) is 14.3 Å². The van der Waals surface area contributed by atoms with E-state index in [1.165, 1.54) is 5.57 Å². The Labute approximate surface area is 206 Å². The van der Waals surface area contributed by atoms with E-state index in [9.17, 15) is 14.7 Å². The molecule has 4 heteroatoms. The smallest absolute Gasteiger partial charge is 0.310 e. The standard InChI is InChI=1S/C30H46O4/c1-25(2)14-16-30(24(32)33)17-15-28(6)19(20(30)18-25)8-9-22-27(5)12-11-23(31)34-26(3,4)21(27)10-13-29(22,28)7/h8,20-22H,9-18H2,1-7H3,(H,32,33)/t20-,21-,22-,27+,28-,29-,30+/m1/s1. The van der Waals surface area contributed by atoms with Gasteiger partial charge < -0.3 is 9.84 Å². The van der Waals surface area contributed by atoms with Crippen LogP contribution < -0.4 is 0 Å². The van der Waals surface area contributed by atoms with Gasteiger partial charge in [-0.1, -0.05) is 46.3 Å². The van der Waals surface area contributed by atoms with Crippen molar-refractivity contribution in [1.29, 1.82) is 0 Å². The largest absolute Gasteiger partial charge is 0.481 e. The fourth-order valence-corrected chi connectivity index (χ4v) is 10.3. The minimum atomic E-state index is -0.588. The third-order valence-corrected chi connectivity index (χ3v) is 12.4. The summed E-state index contributed by atoms with van der Waals surface area (Å²) in [5.41, 5.74) is 0.798. The van der Waals surface area contributed by atoms with Crippen LogP contribution in [0.25, 0.3) is 0 Å². The van der Waals surface area contributed by atoms with Crippen LogP contribution in [0.2, 0.25) is 0 Å². The summed E-state index contributed by atoms with van der Waals surface area (Å²) >= 11 is 0. The normalized spacial score (nSPS) is 49.2. The van der Waals surface area contributed by atoms with Gasteiger partial charge in [0.1, 0.15) is 5.60 Å². The molecule has 0 radical (unpaired) electrons. The second kappa shape index (κ2) is 7.13. The van der Waals surface area contributed by atoms with E-state index in [-0.39, 0.29) is 33.5 Å². The van der Waals surface area contributed by atoms with Crippen LogP contribution in [0.1, 0.15) is 113 Å². The van der Waals surface area contributed by atoms with Gasteiger partial charge in [0.15, 0.2) is 0 Å². The van der Waals surface area contributed by atoms with Crippen LogP contribution in [0.4, 0.5) is 0 Å². The summed E-state index contributed by atoms with van der Waals surface area (Å²) in [6, 6.07) is 0. The number of hydrogen-bond acceptors (Lipinski definition) is 3. The Bertz CT molecular complexity index is 945. The SMILES string of the molecule is CC1(C)CC[C@]2(C(=O)O)CC[C@]3(C)C(=CC[C@@H]4[C@@]5(C)CCC(=O)OC(C)(C)[C@H]5CC[C@]43C)[C@H]2C1. The predicted molar refractivity (Wildman–Crippen MR) is 133 cm³/mol. The summed E-state index contributed by atoms with van der Waals surface area (Å²) in [6.45, 7) is 16.4. The lowest BCUT2D eigenvalue weighted by molar-refractivity contribution is -0.191. The first-order valence-corrected chi connectivity index (χ1v) is 13.8. The molecule has 0 unspecified atom stereocenters. The van der Waals surface area contributed by atoms with Gasteiger partial charge in [-0.3, -0.25) is 9.59 Å². The van der Waals surface area contributed by atoms with Gasteiger partial charge in [0, 0.05) is 12.3 Å². The van der Waals surface area contributed by atoms with E-state index < -0.39 is 17.0 Å². The van der Waals surface area contributed by atoms with Crippen molar-refractivity contribution >= 4 is 11.9 Å². The fourth-order valence-electron chi connectivity index (χ4n) is 10.3. The van der Waals surface area contributed by atoms with E-state index >= 15 is 0 Å². The first kappa shape index (κ1) is 24.4. The van der Waals surface area contributed by atoms with E-state index in [1.54, 1.807) is 0 Å². The lowest BCUT2D eigenvalue weighted by Gasteiger charge is -2.69. The topological polar surface area (TPSA) is 63.6 Å². The van der Waals surface area contributed by atoms with Crippen LogP contribution in [0.3, 0.4) is 0 Å². The summed E-state index contributed by atoms with van der Waals surface area (Å²) in [5.74, 6) is 0.369. The van der Waals surface area contributed by atoms with Gasteiger partial charge in [-0.25, -0.2) is 0 Å². The third-order valence-electron chi connectivity index (χ3n) is 12.4. The number of carbonyl (C=O) groups is 2. The molecule has 4 nitrogen and oxygen atoms in total. The lowest BCUT2D eigenvalue weighted by atomic mass is 9.35. The van der Waals surface area contributed by atoms with Crippen molar-refractivity contribution in [1.82, 2.24) is 0 Å². The summed E-state index contributed by atoms with van der Waals surface area (Å²) < 4.78 is 5.99. The average Bonchev–Trinajstić information content (AvgIpc) is 2.80. The highest BCUT2D eigenvalue weighted by atomic mass is 16.6. The zero-order chi connectivity index (χ0) is 24.9. The fraction of sp³-hybridized carbons (Fsp3) is 0.867. The molecule has 3 saturated carbocycles. The molecule has 5 rings (SSSR count). The van der Waals surface area contributed by atoms with Gasteiger partial charge in [-0.15, -0.1) is 0 Å². The molecule has 1 N–H and O–H groups in total. The Balaban J connectivity index is 1.61. The molecule has 0 amide bonds. The Morgan fingerprint density at radius 3 is 2.29 bits per heavy atom. The van der Waals surface area contributed by atoms with Gasteiger partial charge in [-0.05, 0) is 105 Å². The number of fused-ring (bicyclic) bond motifs is 7. The highest BCUT2D eigenvalue weighted by Crippen LogP contribution is 2.74. The van der Waals surface area contributed by atoms with Crippen LogP contribution in [0, 0.1) is 44.8 Å². The van der Waals surface area contributed by atoms with Crippen molar-refractivity contribution in [3.8, 4) is 0 Å². The highest BCUT2D eigenvalue weighted by molar-refractivity contribution is 5.76. The summed E-state index contributed by atoms with van der Waals surface area (Å²) in [6.07, 6.45) is 11.7. The molecule has 0 aromatic carbocycles. The molecular weight excluding hydrogens is 424 g/mol. The van der Waals surface area contributed by atoms with Crippen LogP contribution in [-0.4, -0.2) is 22.6 Å². The number of carboxylic acid groups (broad SMARTS) is 1. The molecule has 34 heavy (non-hydrogen) atoms. The summed E-state index contributed by atoms with van der Waals surface area (Å²) in [5, 5.41) is 10.5. The van der Waals surface area contributed by atoms with Crippen molar-refractivity contribution in [3.05, 3.63) is 11.6 Å². The van der Waals surface area contributed by atoms with Crippen molar-refractivity contribution < 1.29 is 19.4 Å². The van der Waals surface area contributed by atoms with Gasteiger partial charge >= 0.3 is 11.9 Å². The maximum atomic E-state index is 12.8. The molecule has 4 aliphatic carbocycles. The Kier molecular flexibility index (Phi) is 5.11. The quantitative estimate of drug-likeness (QED) is 0.326. The minimum Gasteiger partial charge on any atom is -0.481 e. The van der Waals surface area contributed by atoms with E-state index in [4.69, 9.17) is 4.74 Å². The molecule has 0 aromatic heterocycles. The zero-order valence-electron chi connectivity index (χ0n) is 22.6. The number of esters is 1. The maximum Gasteiger partial charge on any atom is 0.310 e. The predicted octanol–water partition coefficient (Wildman–Crippen LogP) is 7.17. The molecule has 0 spiro atoms. The second-order valence-corrected chi connectivity index (χ2v) is 14.8. The molecule has 0 aromatic rings. The monoisotopic (exact) mass is 470 g/mol. The summed E-state index contributed by atoms with van der Waals surface area (Å²) in [7, 11) is 0. The van der Waals surface area contributed by atoms with E-state index in [0.717, 1.165) is 57.8 Å². The first-order valence-electron chi connectivity index (χ1n) is 13.8. The van der Waals surface area contributed by atoms with Crippen molar-refractivity contribution in [2.24, 2.45) is 44.8 Å². The Hall–Kier alpha value is -1.32. The summed E-state index contributed by atoms with van der Waals surface area (Å²) in [4.78, 5) is 25.3. The number of ether oxygens (including phenoxy) is 1. The lowest BCUT2D eigenvalue weighted by Crippen LogP contribution is -2.63. The second-order valence-electron chi connectivity index (χ2n) is 14.8. The van der Waals surface area contributed by atoms with Crippen LogP contribution >= 0.6 is 0 Å². The molecule has 190 valence electrons. The minimum absolute atomic E-state index is 0.0161. The van der Waals surface area contributed by atoms with E-state index in [0.29, 0.717) is 18.3 Å². The molecule has 5 aliphatic rings. The van der Waals surface area contributed by atoms with Gasteiger partial charge in [0.2, 0.25) is 0 Å². The number of carbonyl (C=O) groups excluding carboxylic acids is 1. The first-order chi connectivity index (χ1) is 15.6. The third kappa shape index (κ3) is 3.01. The highest BCUT2D eigenvalue weighted by Gasteiger charge is 2.68. The molecule has 1 heterocycles. The van der Waals surface area contributed by atoms with Gasteiger partial charge in [0.25, 0.3) is 0 Å². The maximum absolute atomic E-state index is 12.8. The average molecular weight is 471 g/mol. The molecule has 0 bridgehead atoms. The van der Waals surface area contributed by atoms with Crippen LogP contribution in [0.15, 0.2) is 11.6 Å². The number of hydrogen-bond donors (Lipinski definition) is 1. The Morgan fingerprint density at radius 2 is 1.62 bits per heavy atom. The van der Waals surface area contributed by atoms with E-state index in [2.05, 4.69) is 54.5 Å². The molecule has 7 atom stereocenters. The molecule has 1 aliphatic heterocycles.